The van der Waals surface area contributed by atoms with Crippen LogP contribution in [0.3, 0.4) is 0 Å². The average Bonchev–Trinajstić information content (AvgIpc) is 2.13. The molecule has 2 heteroatoms. The molecule has 0 unspecified atom stereocenters. The molecule has 2 nitrogen and oxygen atoms in total. The molecule has 0 heterocycles. The first-order chi connectivity index (χ1) is 6.78. The number of hydrogen-bond acceptors (Lipinski definition) is 1. The molecular weight excluding hydrogens is 186 g/mol. The quantitative estimate of drug-likeness (QED) is 0.495. The highest BCUT2D eigenvalue weighted by molar-refractivity contribution is 5.28. The molecule has 0 atom stereocenters. The number of terminal acetylenes is 1. The van der Waals surface area contributed by atoms with Crippen molar-refractivity contribution in [3.63, 3.8) is 0 Å². The maximum Gasteiger partial charge on any atom is 0.107 e. The lowest BCUT2D eigenvalue weighted by Crippen LogP contribution is -2.51. The minimum Gasteiger partial charge on any atom is -0.120 e. The summed E-state index contributed by atoms with van der Waals surface area (Å²) in [6.45, 7) is 8.67. The molecular formula is C13H16NO. The highest BCUT2D eigenvalue weighted by Gasteiger charge is 2.36. The summed E-state index contributed by atoms with van der Waals surface area (Å²) in [5.41, 5.74) is -1.60. The Morgan fingerprint density at radius 3 is 1.93 bits per heavy atom. The van der Waals surface area contributed by atoms with Crippen molar-refractivity contribution in [1.29, 1.82) is 0 Å². The van der Waals surface area contributed by atoms with Crippen LogP contribution >= 0.6 is 0 Å². The largest absolute Gasteiger partial charge is 0.120 e. The van der Waals surface area contributed by atoms with Gasteiger partial charge < -0.3 is 0 Å². The summed E-state index contributed by atoms with van der Waals surface area (Å²) in [5.74, 6) is 13.0. The summed E-state index contributed by atoms with van der Waals surface area (Å²) in [7, 11) is 0. The van der Waals surface area contributed by atoms with Crippen molar-refractivity contribution in [2.24, 2.45) is 0 Å². The second kappa shape index (κ2) is 4.90. The molecule has 0 aromatic heterocycles. The molecule has 15 heavy (non-hydrogen) atoms. The van der Waals surface area contributed by atoms with E-state index in [1.807, 2.05) is 0 Å². The first-order valence-corrected chi connectivity index (χ1v) is 4.67. The van der Waals surface area contributed by atoms with E-state index in [1.165, 1.54) is 0 Å². The third kappa shape index (κ3) is 3.69. The lowest BCUT2D eigenvalue weighted by atomic mass is 9.97. The number of rotatable bonds is 2. The second-order valence-electron chi connectivity index (χ2n) is 4.18. The maximum absolute atomic E-state index is 12.0. The zero-order chi connectivity index (χ0) is 12.1. The average molecular weight is 202 g/mol. The fourth-order valence-corrected chi connectivity index (χ4v) is 1.30. The van der Waals surface area contributed by atoms with Gasteiger partial charge in [0.1, 0.15) is 11.1 Å². The van der Waals surface area contributed by atoms with Gasteiger partial charge >= 0.3 is 0 Å². The van der Waals surface area contributed by atoms with Crippen LogP contribution in [0.25, 0.3) is 0 Å². The van der Waals surface area contributed by atoms with Crippen molar-refractivity contribution in [1.82, 2.24) is 5.06 Å². The fourth-order valence-electron chi connectivity index (χ4n) is 1.30. The Bertz CT molecular complexity index is 377. The van der Waals surface area contributed by atoms with Crippen LogP contribution in [0.1, 0.15) is 34.6 Å². The smallest absolute Gasteiger partial charge is 0.107 e. The summed E-state index contributed by atoms with van der Waals surface area (Å²) in [6, 6.07) is 0. The Kier molecular flexibility index (Phi) is 4.44. The van der Waals surface area contributed by atoms with Gasteiger partial charge in [-0.3, -0.25) is 0 Å². The van der Waals surface area contributed by atoms with Crippen LogP contribution in [0.4, 0.5) is 0 Å². The van der Waals surface area contributed by atoms with Gasteiger partial charge in [0.25, 0.3) is 0 Å². The number of nitrogens with zero attached hydrogens (tertiary/aromatic N) is 1. The van der Waals surface area contributed by atoms with Crippen LogP contribution in [0, 0.1) is 36.0 Å². The molecule has 0 aromatic carbocycles. The Morgan fingerprint density at radius 1 is 1.07 bits per heavy atom. The van der Waals surface area contributed by atoms with E-state index in [2.05, 4.69) is 29.6 Å². The van der Waals surface area contributed by atoms with E-state index in [0.29, 0.717) is 0 Å². The Balaban J connectivity index is 5.06. The van der Waals surface area contributed by atoms with Crippen LogP contribution in [-0.4, -0.2) is 16.1 Å². The van der Waals surface area contributed by atoms with Gasteiger partial charge in [0.15, 0.2) is 0 Å². The lowest BCUT2D eigenvalue weighted by Gasteiger charge is -2.35. The number of hydroxylamine groups is 2. The molecule has 0 saturated carbocycles. The monoisotopic (exact) mass is 202 g/mol. The molecule has 0 aliphatic rings. The maximum atomic E-state index is 12.0. The van der Waals surface area contributed by atoms with Gasteiger partial charge in [-0.25, -0.2) is 0 Å². The van der Waals surface area contributed by atoms with E-state index < -0.39 is 11.1 Å². The van der Waals surface area contributed by atoms with Crippen LogP contribution in [0.15, 0.2) is 0 Å². The second-order valence-corrected chi connectivity index (χ2v) is 4.18. The van der Waals surface area contributed by atoms with Gasteiger partial charge in [-0.1, -0.05) is 11.8 Å². The van der Waals surface area contributed by atoms with Crippen LogP contribution in [0.5, 0.6) is 0 Å². The van der Waals surface area contributed by atoms with E-state index in [1.54, 1.807) is 34.6 Å². The highest BCUT2D eigenvalue weighted by Crippen LogP contribution is 2.22. The third-order valence-corrected chi connectivity index (χ3v) is 1.89. The van der Waals surface area contributed by atoms with Crippen molar-refractivity contribution in [2.75, 3.05) is 0 Å². The molecule has 0 aromatic rings. The summed E-state index contributed by atoms with van der Waals surface area (Å²) in [6.07, 6.45) is 5.03. The lowest BCUT2D eigenvalue weighted by molar-refractivity contribution is -0.240. The molecule has 0 amide bonds. The third-order valence-electron chi connectivity index (χ3n) is 1.89. The molecule has 0 saturated heterocycles. The van der Waals surface area contributed by atoms with E-state index in [9.17, 15) is 5.21 Å². The van der Waals surface area contributed by atoms with E-state index >= 15 is 0 Å². The van der Waals surface area contributed by atoms with Crippen molar-refractivity contribution >= 4 is 0 Å². The summed E-state index contributed by atoms with van der Waals surface area (Å²) in [4.78, 5) is 0. The minimum absolute atomic E-state index is 0.762. The van der Waals surface area contributed by atoms with E-state index in [0.717, 1.165) is 5.06 Å². The summed E-state index contributed by atoms with van der Waals surface area (Å²) >= 11 is 0. The molecule has 0 spiro atoms. The molecule has 1 radical (unpaired) electrons. The molecule has 0 N–H and O–H groups in total. The van der Waals surface area contributed by atoms with Crippen molar-refractivity contribution in [3.05, 3.63) is 0 Å². The Morgan fingerprint density at radius 2 is 1.53 bits per heavy atom. The predicted octanol–water partition coefficient (Wildman–Crippen LogP) is 1.85. The number of hydrogen-bond donors (Lipinski definition) is 0. The van der Waals surface area contributed by atoms with Crippen LogP contribution in [0.2, 0.25) is 0 Å². The predicted molar refractivity (Wildman–Crippen MR) is 60.7 cm³/mol. The normalized spacial score (nSPS) is 10.8. The standard InChI is InChI=1S/C13H16NO/c1-7-9-11-13(5,6)14(15)12(3,4)10-8-2/h1H,2-6H3. The van der Waals surface area contributed by atoms with E-state index in [4.69, 9.17) is 6.42 Å². The molecule has 0 aliphatic carbocycles. The molecule has 0 rings (SSSR count). The zero-order valence-corrected chi connectivity index (χ0v) is 9.93. The topological polar surface area (TPSA) is 23.1 Å². The van der Waals surface area contributed by atoms with E-state index in [-0.39, 0.29) is 0 Å². The van der Waals surface area contributed by atoms with Gasteiger partial charge in [-0.05, 0) is 46.5 Å². The first-order valence-electron chi connectivity index (χ1n) is 4.67. The molecule has 0 bridgehead atoms. The van der Waals surface area contributed by atoms with Gasteiger partial charge in [0.05, 0.1) is 0 Å². The Hall–Kier alpha value is -1.40. The summed E-state index contributed by atoms with van der Waals surface area (Å²) < 4.78 is 0. The van der Waals surface area contributed by atoms with Crippen LogP contribution in [-0.2, 0) is 5.21 Å². The first kappa shape index (κ1) is 13.6. The Labute approximate surface area is 92.6 Å². The van der Waals surface area contributed by atoms with Crippen molar-refractivity contribution in [3.8, 4) is 36.0 Å². The molecule has 0 aliphatic heterocycles. The summed E-state index contributed by atoms with van der Waals surface area (Å²) in [5, 5.41) is 12.9. The van der Waals surface area contributed by atoms with Crippen molar-refractivity contribution < 1.29 is 5.21 Å². The van der Waals surface area contributed by atoms with Gasteiger partial charge in [0.2, 0.25) is 0 Å². The van der Waals surface area contributed by atoms with Crippen LogP contribution < -0.4 is 0 Å². The zero-order valence-electron chi connectivity index (χ0n) is 9.93. The SMILES string of the molecule is C#CC#CC(C)(C)N([O])C(C)(C)C#CC. The molecule has 0 fully saturated rings. The van der Waals surface area contributed by atoms with Gasteiger partial charge in [-0.15, -0.1) is 22.6 Å². The minimum atomic E-state index is -0.834. The highest BCUT2D eigenvalue weighted by atomic mass is 16.5. The van der Waals surface area contributed by atoms with Gasteiger partial charge in [0, 0.05) is 0 Å². The fraction of sp³-hybridized carbons (Fsp3) is 0.538. The van der Waals surface area contributed by atoms with Crippen molar-refractivity contribution in [2.45, 2.75) is 45.7 Å². The molecule has 79 valence electrons. The van der Waals surface area contributed by atoms with Gasteiger partial charge in [-0.2, -0.15) is 0 Å².